The minimum Gasteiger partial charge on any atom is -0.481 e. The van der Waals surface area contributed by atoms with Crippen molar-refractivity contribution in [2.75, 3.05) is 37.7 Å². The van der Waals surface area contributed by atoms with Gasteiger partial charge in [-0.05, 0) is 98.4 Å². The maximum atomic E-state index is 15.0. The second-order valence-corrected chi connectivity index (χ2v) is 32.7. The van der Waals surface area contributed by atoms with Gasteiger partial charge in [0.1, 0.15) is 79.0 Å². The number of para-hydroxylation sites is 3. The second-order valence-electron chi connectivity index (χ2n) is 32.0. The standard InChI is InChI=1S/C89H106N20O19S2/c1-48(77(116)96-44-75(114)115)98-79(118)66(36-53-40-93-61-25-13-10-22-57(53)61)102-84(123)69(45-129)105-80(119)65(34-51-19-7-4-8-20-51)104-87(126)76(49(2)110)107-83(122)67(37-54-41-94-62-26-14-11-23-58(54)62)103-86(125)72-28-16-32-109(72)88(127)63(29-30-74(112)113)99-73(111)43-95-85(124)71-27-15-31-108(71)89(128)70(46-130)106-81(120)64(33-50-17-5-3-6-18-50)101-82(121)68(38-55-42-91-47-97-55)100-78(117)59(90)35-52-39-92-60-24-12-9-21-56(52)60/h3-14,17-26,39-42,47-49,59,63-72,76,92-94,110,129-130H,15-16,27-38,43-46,90H2,1-2H3,(H,91,97)(H,95,124)(H,96,116)(H,98,118)(H,99,111)(H,100,117)(H,101,121)(H,102,123)(H,103,125)(H,104,126)(H,105,119)(H,106,120)(H,107,122)(H,112,113)(H,114,115)/t48-,49+,59-,63-,64-,65-,66-,67-,68-,69-,70-,71-,72-,76-/m0/s1. The number of aliphatic hydroxyl groups excluding tert-OH is 1. The van der Waals surface area contributed by atoms with Crippen LogP contribution in [0.1, 0.15) is 85.9 Å². The molecule has 6 heterocycles. The summed E-state index contributed by atoms with van der Waals surface area (Å²) in [6.07, 6.45) is 4.78. The average Bonchev–Trinajstić information content (AvgIpc) is 1.73. The zero-order chi connectivity index (χ0) is 93.2. The number of likely N-dealkylation sites (tertiary alicyclic amines) is 2. The lowest BCUT2D eigenvalue weighted by Crippen LogP contribution is -2.62. The number of H-pyrrole nitrogens is 4. The number of aliphatic carboxylic acids is 2. The highest BCUT2D eigenvalue weighted by molar-refractivity contribution is 7.80. The number of carboxylic acid groups (broad SMARTS) is 2. The van der Waals surface area contributed by atoms with Gasteiger partial charge in [-0.25, -0.2) is 4.98 Å². The number of carbonyl (C=O) groups is 16. The van der Waals surface area contributed by atoms with Crippen LogP contribution in [-0.4, -0.2) is 267 Å². The third-order valence-corrected chi connectivity index (χ3v) is 23.3. The molecule has 39 nitrogen and oxygen atoms in total. The van der Waals surface area contributed by atoms with Gasteiger partial charge >= 0.3 is 11.9 Å². The number of imidazole rings is 1. The number of aromatic amines is 4. The number of carbonyl (C=O) groups excluding carboxylic acids is 14. The molecule has 0 unspecified atom stereocenters. The van der Waals surface area contributed by atoms with E-state index >= 15 is 4.79 Å². The number of fused-ring (bicyclic) bond motifs is 3. The minimum absolute atomic E-state index is 0.00981. The van der Waals surface area contributed by atoms with Crippen molar-refractivity contribution in [3.8, 4) is 0 Å². The van der Waals surface area contributed by atoms with E-state index in [9.17, 15) is 82.1 Å². The first kappa shape index (κ1) is 96.7. The van der Waals surface area contributed by atoms with Gasteiger partial charge in [-0.2, -0.15) is 25.3 Å². The van der Waals surface area contributed by atoms with Crippen molar-refractivity contribution in [3.05, 3.63) is 198 Å². The molecule has 21 N–H and O–H groups in total. The lowest BCUT2D eigenvalue weighted by molar-refractivity contribution is -0.143. The molecule has 9 aromatic rings. The molecule has 5 aromatic carbocycles. The van der Waals surface area contributed by atoms with Crippen LogP contribution in [-0.2, 0) is 115 Å². The summed E-state index contributed by atoms with van der Waals surface area (Å²) in [5.41, 5.74) is 12.1. The van der Waals surface area contributed by atoms with Gasteiger partial charge in [-0.3, -0.25) is 76.7 Å². The third-order valence-electron chi connectivity index (χ3n) is 22.6. The molecule has 4 aromatic heterocycles. The van der Waals surface area contributed by atoms with Crippen molar-refractivity contribution < 1.29 is 92.0 Å². The van der Waals surface area contributed by atoms with Crippen molar-refractivity contribution in [1.29, 1.82) is 0 Å². The number of nitrogens with two attached hydrogens (primary N) is 1. The summed E-state index contributed by atoms with van der Waals surface area (Å²) in [6, 6.07) is 19.9. The Bertz CT molecular complexity index is 5560. The predicted molar refractivity (Wildman–Crippen MR) is 481 cm³/mol. The van der Waals surface area contributed by atoms with E-state index in [1.165, 1.54) is 31.3 Å². The lowest BCUT2D eigenvalue weighted by Gasteiger charge is -2.31. The molecule has 130 heavy (non-hydrogen) atoms. The molecule has 2 saturated heterocycles. The summed E-state index contributed by atoms with van der Waals surface area (Å²) in [5.74, 6) is -15.7. The fraction of sp³-hybridized carbons (Fsp3) is 0.382. The number of nitrogens with one attached hydrogen (secondary N) is 16. The number of aromatic nitrogens is 5. The maximum absolute atomic E-state index is 15.0. The van der Waals surface area contributed by atoms with Crippen LogP contribution in [0.5, 0.6) is 0 Å². The summed E-state index contributed by atoms with van der Waals surface area (Å²) in [4.78, 5) is 243. The Hall–Kier alpha value is -13.9. The van der Waals surface area contributed by atoms with Crippen LogP contribution >= 0.6 is 25.3 Å². The Morgan fingerprint density at radius 3 is 1.35 bits per heavy atom. The van der Waals surface area contributed by atoms with Gasteiger partial charge in [0.25, 0.3) is 0 Å². The fourth-order valence-electron chi connectivity index (χ4n) is 15.7. The van der Waals surface area contributed by atoms with Gasteiger partial charge in [-0.1, -0.05) is 115 Å². The van der Waals surface area contributed by atoms with Gasteiger partial charge in [0.05, 0.1) is 25.0 Å². The van der Waals surface area contributed by atoms with E-state index in [1.54, 1.807) is 128 Å². The highest BCUT2D eigenvalue weighted by Gasteiger charge is 2.43. The van der Waals surface area contributed by atoms with Crippen LogP contribution in [0.2, 0.25) is 0 Å². The van der Waals surface area contributed by atoms with Gasteiger partial charge in [0.15, 0.2) is 0 Å². The largest absolute Gasteiger partial charge is 0.481 e. The number of benzene rings is 5. The van der Waals surface area contributed by atoms with Crippen LogP contribution < -0.4 is 69.5 Å². The van der Waals surface area contributed by atoms with Gasteiger partial charge in [0, 0.05) is 126 Å². The summed E-state index contributed by atoms with van der Waals surface area (Å²) in [5, 5.41) is 63.7. The number of thiol groups is 2. The molecule has 0 radical (unpaired) electrons. The van der Waals surface area contributed by atoms with Crippen molar-refractivity contribution in [3.63, 3.8) is 0 Å². The number of hydrogen-bond donors (Lipinski definition) is 22. The summed E-state index contributed by atoms with van der Waals surface area (Å²) < 4.78 is 0. The number of nitrogens with zero attached hydrogens (tertiary/aromatic N) is 3. The SMILES string of the molecule is C[C@H](NC(=O)[C@H](Cc1c[nH]c2ccccc12)NC(=O)[C@H](CS)NC(=O)[C@H](Cc1ccccc1)NC(=O)[C@@H](NC(=O)[C@H](Cc1c[nH]c2ccccc12)NC(=O)[C@@H]1CCCN1C(=O)[C@H](CCC(=O)O)NC(=O)CNC(=O)[C@@H]1CCCN1C(=O)[C@H](CS)NC(=O)[C@H](Cc1ccccc1)NC(=O)[C@H](Cc1cnc[nH]1)NC(=O)[C@@H](N)Cc1c[nH]c2ccccc12)[C@@H](C)O)C(=O)NCC(=O)O. The Morgan fingerprint density at radius 2 is 0.854 bits per heavy atom. The first-order valence-electron chi connectivity index (χ1n) is 42.4. The van der Waals surface area contributed by atoms with Crippen molar-refractivity contribution in [1.82, 2.24) is 98.5 Å². The first-order valence-corrected chi connectivity index (χ1v) is 43.7. The van der Waals surface area contributed by atoms with E-state index in [4.69, 9.17) is 10.8 Å². The molecule has 0 spiro atoms. The van der Waals surface area contributed by atoms with E-state index in [1.807, 2.05) is 24.3 Å². The molecular formula is C89H106N20O19S2. The van der Waals surface area contributed by atoms with Crippen LogP contribution in [0, 0.1) is 0 Å². The monoisotopic (exact) mass is 1820 g/mol. The highest BCUT2D eigenvalue weighted by Crippen LogP contribution is 2.26. The summed E-state index contributed by atoms with van der Waals surface area (Å²) >= 11 is 8.80. The maximum Gasteiger partial charge on any atom is 0.322 e. The first-order chi connectivity index (χ1) is 62.4. The van der Waals surface area contributed by atoms with Gasteiger partial charge in [-0.15, -0.1) is 0 Å². The Morgan fingerprint density at radius 1 is 0.431 bits per heavy atom. The Balaban J connectivity index is 0.733. The van der Waals surface area contributed by atoms with Gasteiger partial charge in [0.2, 0.25) is 82.7 Å². The molecule has 41 heteroatoms. The third kappa shape index (κ3) is 26.2. The Kier molecular flexibility index (Phi) is 34.3. The van der Waals surface area contributed by atoms with Crippen LogP contribution in [0.4, 0.5) is 0 Å². The molecule has 11 rings (SSSR count). The van der Waals surface area contributed by atoms with Crippen LogP contribution in [0.3, 0.4) is 0 Å². The van der Waals surface area contributed by atoms with Crippen LogP contribution in [0.15, 0.2) is 165 Å². The normalized spacial score (nSPS) is 16.4. The molecule has 14 amide bonds. The van der Waals surface area contributed by atoms with Crippen molar-refractivity contribution in [2.45, 2.75) is 176 Å². The molecule has 2 aliphatic rings. The van der Waals surface area contributed by atoms with Crippen molar-refractivity contribution >= 4 is 153 Å². The molecule has 0 saturated carbocycles. The van der Waals surface area contributed by atoms with Gasteiger partial charge < -0.3 is 115 Å². The fourth-order valence-corrected chi connectivity index (χ4v) is 16.2. The lowest BCUT2D eigenvalue weighted by atomic mass is 10.0. The summed E-state index contributed by atoms with van der Waals surface area (Å²) in [7, 11) is 0. The molecule has 688 valence electrons. The zero-order valence-electron chi connectivity index (χ0n) is 71.1. The Labute approximate surface area is 756 Å². The van der Waals surface area contributed by atoms with E-state index in [0.717, 1.165) is 21.4 Å². The highest BCUT2D eigenvalue weighted by atomic mass is 32.1. The molecular weight excluding hydrogens is 1720 g/mol. The number of aliphatic hydroxyl groups is 1. The molecule has 0 bridgehead atoms. The number of hydrogen-bond acceptors (Lipinski definition) is 21. The van der Waals surface area contributed by atoms with Crippen LogP contribution in [0.25, 0.3) is 32.7 Å². The molecule has 2 aliphatic heterocycles. The van der Waals surface area contributed by atoms with E-state index in [-0.39, 0.29) is 82.4 Å². The average molecular weight is 1820 g/mol. The van der Waals surface area contributed by atoms with E-state index < -0.39 is 205 Å². The van der Waals surface area contributed by atoms with E-state index in [0.29, 0.717) is 56.2 Å². The topological polar surface area (TPSA) is 587 Å². The number of rotatable bonds is 45. The second kappa shape index (κ2) is 46.2. The number of carboxylic acids is 2. The predicted octanol–water partition coefficient (Wildman–Crippen LogP) is -0.791. The zero-order valence-corrected chi connectivity index (χ0v) is 72.9. The van der Waals surface area contributed by atoms with E-state index in [2.05, 4.69) is 114 Å². The summed E-state index contributed by atoms with van der Waals surface area (Å²) in [6.45, 7) is 0.862. The molecule has 14 atom stereocenters. The molecule has 2 fully saturated rings. The number of amides is 14. The quantitative estimate of drug-likeness (QED) is 0.0208. The molecule has 0 aliphatic carbocycles. The smallest absolute Gasteiger partial charge is 0.322 e. The minimum atomic E-state index is -1.88. The van der Waals surface area contributed by atoms with Crippen molar-refractivity contribution in [2.24, 2.45) is 5.73 Å².